The molecule has 1 N–H and O–H groups in total. The van der Waals surface area contributed by atoms with Crippen molar-refractivity contribution in [3.63, 3.8) is 0 Å². The fourth-order valence-electron chi connectivity index (χ4n) is 3.48. The summed E-state index contributed by atoms with van der Waals surface area (Å²) >= 11 is 0. The molecule has 0 aliphatic carbocycles. The maximum Gasteiger partial charge on any atom is 0.227 e. The van der Waals surface area contributed by atoms with E-state index in [4.69, 9.17) is 4.52 Å². The normalized spacial score (nSPS) is 24.5. The largest absolute Gasteiger partial charge is 0.370 e. The minimum Gasteiger partial charge on any atom is -0.370 e. The van der Waals surface area contributed by atoms with E-state index in [1.54, 1.807) is 0 Å². The first-order chi connectivity index (χ1) is 11.3. The van der Waals surface area contributed by atoms with Gasteiger partial charge in [-0.3, -0.25) is 4.98 Å². The minimum atomic E-state index is 0.578. The molecule has 0 aromatic carbocycles. The molecular weight excluding hydrogens is 290 g/mol. The summed E-state index contributed by atoms with van der Waals surface area (Å²) in [5, 5.41) is 7.50. The molecule has 122 valence electrons. The Balaban J connectivity index is 1.45. The average Bonchev–Trinajstić information content (AvgIpc) is 3.31. The van der Waals surface area contributed by atoms with E-state index in [0.717, 1.165) is 38.3 Å². The lowest BCUT2D eigenvalue weighted by Gasteiger charge is -2.16. The van der Waals surface area contributed by atoms with E-state index in [1.807, 2.05) is 12.3 Å². The van der Waals surface area contributed by atoms with Gasteiger partial charge in [-0.05, 0) is 49.9 Å². The summed E-state index contributed by atoms with van der Waals surface area (Å²) in [4.78, 5) is 11.4. The first-order valence-electron chi connectivity index (χ1n) is 8.54. The third-order valence-electron chi connectivity index (χ3n) is 5.03. The van der Waals surface area contributed by atoms with Gasteiger partial charge in [0.05, 0.1) is 11.9 Å². The first-order valence-corrected chi connectivity index (χ1v) is 8.54. The van der Waals surface area contributed by atoms with Crippen molar-refractivity contribution in [1.29, 1.82) is 0 Å². The number of pyridine rings is 1. The monoisotopic (exact) mass is 313 g/mol. The van der Waals surface area contributed by atoms with Crippen LogP contribution in [0.5, 0.6) is 0 Å². The van der Waals surface area contributed by atoms with E-state index in [0.29, 0.717) is 23.6 Å². The zero-order chi connectivity index (χ0) is 15.6. The molecule has 6 heteroatoms. The van der Waals surface area contributed by atoms with Gasteiger partial charge < -0.3 is 14.7 Å². The lowest BCUT2D eigenvalue weighted by molar-refractivity contribution is 0.337. The summed E-state index contributed by atoms with van der Waals surface area (Å²) < 4.78 is 5.42. The second-order valence-corrected chi connectivity index (χ2v) is 6.71. The molecule has 0 unspecified atom stereocenters. The third kappa shape index (κ3) is 3.08. The van der Waals surface area contributed by atoms with E-state index in [-0.39, 0.29) is 0 Å². The quantitative estimate of drug-likeness (QED) is 0.933. The molecule has 2 saturated heterocycles. The predicted molar refractivity (Wildman–Crippen MR) is 88.2 cm³/mol. The van der Waals surface area contributed by atoms with Gasteiger partial charge in [0.1, 0.15) is 5.69 Å². The van der Waals surface area contributed by atoms with Crippen molar-refractivity contribution in [2.45, 2.75) is 26.2 Å². The summed E-state index contributed by atoms with van der Waals surface area (Å²) in [5.74, 6) is 2.54. The standard InChI is InChI=1S/C17H23N5O/c1-12-9-18-10-13(12)8-16-20-17(21-23-16)15-5-4-14(11-19-15)22-6-2-3-7-22/h4-5,11-13,18H,2-3,6-10H2,1H3/t12-,13-/m1/s1. The highest BCUT2D eigenvalue weighted by molar-refractivity contribution is 5.54. The summed E-state index contributed by atoms with van der Waals surface area (Å²) in [6.07, 6.45) is 5.29. The summed E-state index contributed by atoms with van der Waals surface area (Å²) in [7, 11) is 0. The Hall–Kier alpha value is -1.95. The molecule has 2 aliphatic heterocycles. The van der Waals surface area contributed by atoms with E-state index in [1.165, 1.54) is 18.5 Å². The van der Waals surface area contributed by atoms with E-state index >= 15 is 0 Å². The fraction of sp³-hybridized carbons (Fsp3) is 0.588. The Kier molecular flexibility index (Phi) is 3.99. The molecule has 0 amide bonds. The molecule has 4 heterocycles. The molecule has 0 saturated carbocycles. The molecule has 23 heavy (non-hydrogen) atoms. The Labute approximate surface area is 136 Å². The van der Waals surface area contributed by atoms with Crippen molar-refractivity contribution < 1.29 is 4.52 Å². The van der Waals surface area contributed by atoms with Gasteiger partial charge >= 0.3 is 0 Å². The maximum atomic E-state index is 5.42. The van der Waals surface area contributed by atoms with Crippen LogP contribution in [-0.2, 0) is 6.42 Å². The van der Waals surface area contributed by atoms with Crippen LogP contribution in [0.15, 0.2) is 22.9 Å². The topological polar surface area (TPSA) is 67.1 Å². The number of rotatable bonds is 4. The highest BCUT2D eigenvalue weighted by Gasteiger charge is 2.25. The number of nitrogens with zero attached hydrogens (tertiary/aromatic N) is 4. The zero-order valence-electron chi connectivity index (χ0n) is 13.5. The molecule has 2 fully saturated rings. The van der Waals surface area contributed by atoms with Crippen LogP contribution < -0.4 is 10.2 Å². The molecule has 0 spiro atoms. The van der Waals surface area contributed by atoms with Crippen LogP contribution in [0.2, 0.25) is 0 Å². The lowest BCUT2D eigenvalue weighted by atomic mass is 9.95. The smallest absolute Gasteiger partial charge is 0.227 e. The SMILES string of the molecule is C[C@@H]1CNC[C@H]1Cc1nc(-c2ccc(N3CCCC3)cn2)no1. The highest BCUT2D eigenvalue weighted by Crippen LogP contribution is 2.23. The average molecular weight is 313 g/mol. The van der Waals surface area contributed by atoms with E-state index < -0.39 is 0 Å². The van der Waals surface area contributed by atoms with Crippen LogP contribution in [0.25, 0.3) is 11.5 Å². The molecule has 0 radical (unpaired) electrons. The van der Waals surface area contributed by atoms with Crippen molar-refractivity contribution in [3.05, 3.63) is 24.2 Å². The summed E-state index contributed by atoms with van der Waals surface area (Å²) in [6, 6.07) is 4.09. The molecule has 4 rings (SSSR count). The molecule has 2 aromatic rings. The van der Waals surface area contributed by atoms with Crippen molar-refractivity contribution >= 4 is 5.69 Å². The second kappa shape index (κ2) is 6.28. The van der Waals surface area contributed by atoms with Gasteiger partial charge in [0, 0.05) is 19.5 Å². The van der Waals surface area contributed by atoms with Crippen LogP contribution in [0.4, 0.5) is 5.69 Å². The Morgan fingerprint density at radius 1 is 1.26 bits per heavy atom. The van der Waals surface area contributed by atoms with Crippen LogP contribution in [0, 0.1) is 11.8 Å². The van der Waals surface area contributed by atoms with Gasteiger partial charge in [0.2, 0.25) is 11.7 Å². The van der Waals surface area contributed by atoms with Gasteiger partial charge in [-0.15, -0.1) is 0 Å². The number of anilines is 1. The summed E-state index contributed by atoms with van der Waals surface area (Å²) in [5.41, 5.74) is 1.96. The molecular formula is C17H23N5O. The van der Waals surface area contributed by atoms with Gasteiger partial charge in [-0.2, -0.15) is 4.98 Å². The predicted octanol–water partition coefficient (Wildman–Crippen LogP) is 2.13. The Bertz CT molecular complexity index is 647. The summed E-state index contributed by atoms with van der Waals surface area (Å²) in [6.45, 7) is 6.62. The van der Waals surface area contributed by atoms with Crippen LogP contribution in [0.3, 0.4) is 0 Å². The van der Waals surface area contributed by atoms with Crippen LogP contribution in [0.1, 0.15) is 25.7 Å². The first kappa shape index (κ1) is 14.6. The van der Waals surface area contributed by atoms with Crippen LogP contribution >= 0.6 is 0 Å². The van der Waals surface area contributed by atoms with Crippen molar-refractivity contribution in [2.75, 3.05) is 31.1 Å². The van der Waals surface area contributed by atoms with Crippen molar-refractivity contribution in [2.24, 2.45) is 11.8 Å². The zero-order valence-corrected chi connectivity index (χ0v) is 13.5. The fourth-order valence-corrected chi connectivity index (χ4v) is 3.48. The van der Waals surface area contributed by atoms with Crippen molar-refractivity contribution in [3.8, 4) is 11.5 Å². The van der Waals surface area contributed by atoms with E-state index in [9.17, 15) is 0 Å². The highest BCUT2D eigenvalue weighted by atomic mass is 16.5. The van der Waals surface area contributed by atoms with Crippen molar-refractivity contribution in [1.82, 2.24) is 20.4 Å². The van der Waals surface area contributed by atoms with Gasteiger partial charge in [-0.25, -0.2) is 0 Å². The number of nitrogens with one attached hydrogen (secondary N) is 1. The number of hydrogen-bond donors (Lipinski definition) is 1. The molecule has 2 aliphatic rings. The number of aromatic nitrogens is 3. The van der Waals surface area contributed by atoms with Crippen LogP contribution in [-0.4, -0.2) is 41.3 Å². The molecule has 2 atom stereocenters. The van der Waals surface area contributed by atoms with Gasteiger partial charge in [0.15, 0.2) is 0 Å². The molecule has 2 aromatic heterocycles. The molecule has 0 bridgehead atoms. The minimum absolute atomic E-state index is 0.578. The maximum absolute atomic E-state index is 5.42. The second-order valence-electron chi connectivity index (χ2n) is 6.71. The Morgan fingerprint density at radius 2 is 2.13 bits per heavy atom. The number of hydrogen-bond acceptors (Lipinski definition) is 6. The van der Waals surface area contributed by atoms with E-state index in [2.05, 4.69) is 38.3 Å². The Morgan fingerprint density at radius 3 is 2.83 bits per heavy atom. The van der Waals surface area contributed by atoms with Gasteiger partial charge in [0.25, 0.3) is 0 Å². The van der Waals surface area contributed by atoms with Gasteiger partial charge in [-0.1, -0.05) is 12.1 Å². The third-order valence-corrected chi connectivity index (χ3v) is 5.03. The molecule has 6 nitrogen and oxygen atoms in total. The lowest BCUT2D eigenvalue weighted by Crippen LogP contribution is -2.17.